The van der Waals surface area contributed by atoms with Gasteiger partial charge in [0.1, 0.15) is 30.3 Å². The largest absolute Gasteiger partial charge is 0.491 e. The van der Waals surface area contributed by atoms with Crippen LogP contribution in [0.4, 0.5) is 0 Å². The minimum absolute atomic E-state index is 0.00126. The molecule has 0 unspecified atom stereocenters. The Morgan fingerprint density at radius 3 is 1.97 bits per heavy atom. The Labute approximate surface area is 186 Å². The van der Waals surface area contributed by atoms with Crippen molar-refractivity contribution >= 4 is 0 Å². The highest BCUT2D eigenvalue weighted by atomic mass is 16.6. The molecule has 1 aliphatic rings. The summed E-state index contributed by atoms with van der Waals surface area (Å²) < 4.78 is 19.0. The summed E-state index contributed by atoms with van der Waals surface area (Å²) in [6.07, 6.45) is 0.591. The predicted octanol–water partition coefficient (Wildman–Crippen LogP) is 6.59. The van der Waals surface area contributed by atoms with Crippen LogP contribution in [0.5, 0.6) is 11.5 Å². The molecule has 0 amide bonds. The van der Waals surface area contributed by atoms with Gasteiger partial charge in [0, 0.05) is 6.42 Å². The van der Waals surface area contributed by atoms with Crippen LogP contribution in [0.1, 0.15) is 45.9 Å². The molecule has 4 rings (SSSR count). The summed E-state index contributed by atoms with van der Waals surface area (Å²) in [7, 11) is 0. The van der Waals surface area contributed by atoms with Gasteiger partial charge in [0.15, 0.2) is 0 Å². The zero-order chi connectivity index (χ0) is 22.0. The highest BCUT2D eigenvalue weighted by Crippen LogP contribution is 2.38. The summed E-state index contributed by atoms with van der Waals surface area (Å²) in [4.78, 5) is 0. The van der Waals surface area contributed by atoms with E-state index in [1.807, 2.05) is 24.3 Å². The van der Waals surface area contributed by atoms with Crippen molar-refractivity contribution in [3.8, 4) is 11.5 Å². The van der Waals surface area contributed by atoms with E-state index in [-0.39, 0.29) is 18.3 Å². The van der Waals surface area contributed by atoms with Crippen molar-refractivity contribution in [2.24, 2.45) is 0 Å². The van der Waals surface area contributed by atoms with Crippen molar-refractivity contribution in [3.63, 3.8) is 0 Å². The summed E-state index contributed by atoms with van der Waals surface area (Å²) in [5, 5.41) is 0. The predicted molar refractivity (Wildman–Crippen MR) is 125 cm³/mol. The van der Waals surface area contributed by atoms with E-state index in [1.165, 1.54) is 33.4 Å². The van der Waals surface area contributed by atoms with Crippen molar-refractivity contribution in [2.45, 2.75) is 59.4 Å². The van der Waals surface area contributed by atoms with E-state index in [0.29, 0.717) is 6.61 Å². The molecule has 0 saturated carbocycles. The van der Waals surface area contributed by atoms with Crippen LogP contribution in [0.25, 0.3) is 0 Å². The molecule has 0 spiro atoms. The van der Waals surface area contributed by atoms with Gasteiger partial charge in [-0.1, -0.05) is 47.5 Å². The van der Waals surface area contributed by atoms with Crippen LogP contribution in [0.2, 0.25) is 0 Å². The first kappa shape index (κ1) is 21.5. The third-order valence-corrected chi connectivity index (χ3v) is 6.17. The normalized spacial score (nSPS) is 20.6. The van der Waals surface area contributed by atoms with Gasteiger partial charge in [0.05, 0.1) is 6.10 Å². The number of hydrogen-bond donors (Lipinski definition) is 0. The van der Waals surface area contributed by atoms with Gasteiger partial charge in [-0.2, -0.15) is 0 Å². The smallest absolute Gasteiger partial charge is 0.131 e. The second kappa shape index (κ2) is 9.15. The molecule has 0 bridgehead atoms. The van der Waals surface area contributed by atoms with E-state index < -0.39 is 0 Å². The van der Waals surface area contributed by atoms with Crippen molar-refractivity contribution < 1.29 is 14.2 Å². The van der Waals surface area contributed by atoms with Crippen LogP contribution >= 0.6 is 0 Å². The second-order valence-electron chi connectivity index (χ2n) is 8.79. The van der Waals surface area contributed by atoms with E-state index in [4.69, 9.17) is 14.2 Å². The Balaban J connectivity index is 1.54. The topological polar surface area (TPSA) is 27.7 Å². The molecule has 3 nitrogen and oxygen atoms in total. The van der Waals surface area contributed by atoms with Crippen LogP contribution in [-0.4, -0.2) is 18.8 Å². The molecule has 0 N–H and O–H groups in total. The maximum absolute atomic E-state index is 6.53. The molecule has 1 fully saturated rings. The van der Waals surface area contributed by atoms with Gasteiger partial charge >= 0.3 is 0 Å². The Morgan fingerprint density at radius 2 is 1.32 bits per heavy atom. The molecule has 162 valence electrons. The molecule has 1 saturated heterocycles. The van der Waals surface area contributed by atoms with Crippen molar-refractivity contribution in [2.75, 3.05) is 6.61 Å². The zero-order valence-corrected chi connectivity index (χ0v) is 19.1. The van der Waals surface area contributed by atoms with Crippen molar-refractivity contribution in [1.29, 1.82) is 0 Å². The molecule has 31 heavy (non-hydrogen) atoms. The third kappa shape index (κ3) is 5.11. The highest BCUT2D eigenvalue weighted by Gasteiger charge is 2.39. The number of ether oxygens (including phenoxy) is 3. The Morgan fingerprint density at radius 1 is 0.742 bits per heavy atom. The van der Waals surface area contributed by atoms with Crippen LogP contribution in [-0.2, 0) is 4.74 Å². The van der Waals surface area contributed by atoms with E-state index >= 15 is 0 Å². The molecular weight excluding hydrogens is 384 g/mol. The lowest BCUT2D eigenvalue weighted by atomic mass is 9.95. The van der Waals surface area contributed by atoms with E-state index in [2.05, 4.69) is 71.0 Å². The monoisotopic (exact) mass is 416 g/mol. The first-order valence-electron chi connectivity index (χ1n) is 11.0. The molecule has 3 aromatic carbocycles. The SMILES string of the molecule is Cc1ccc(OC[C@H]2O[C@@H](c3cc(C)c(C)cc3C)C[C@@H]2Oc2ccc(C)cc2)cc1. The minimum Gasteiger partial charge on any atom is -0.491 e. The maximum atomic E-state index is 6.53. The second-order valence-corrected chi connectivity index (χ2v) is 8.79. The first-order valence-corrected chi connectivity index (χ1v) is 11.0. The molecule has 0 aliphatic carbocycles. The Kier molecular flexibility index (Phi) is 6.33. The number of aryl methyl sites for hydroxylation is 5. The van der Waals surface area contributed by atoms with Gasteiger partial charge in [0.2, 0.25) is 0 Å². The average molecular weight is 417 g/mol. The lowest BCUT2D eigenvalue weighted by molar-refractivity contribution is -0.0109. The quantitative estimate of drug-likeness (QED) is 0.454. The molecule has 3 atom stereocenters. The van der Waals surface area contributed by atoms with Crippen LogP contribution in [0, 0.1) is 34.6 Å². The number of hydrogen-bond acceptors (Lipinski definition) is 3. The summed E-state index contributed by atoms with van der Waals surface area (Å²) in [5.74, 6) is 1.73. The van der Waals surface area contributed by atoms with E-state index in [9.17, 15) is 0 Å². The third-order valence-electron chi connectivity index (χ3n) is 6.17. The molecule has 3 aromatic rings. The summed E-state index contributed by atoms with van der Waals surface area (Å²) in [6, 6.07) is 20.9. The molecule has 0 radical (unpaired) electrons. The van der Waals surface area contributed by atoms with Gasteiger partial charge in [-0.25, -0.2) is 0 Å². The fourth-order valence-electron chi connectivity index (χ4n) is 4.12. The summed E-state index contributed by atoms with van der Waals surface area (Å²) in [6.45, 7) is 11.1. The minimum atomic E-state index is -0.145. The van der Waals surface area contributed by atoms with Crippen LogP contribution in [0.3, 0.4) is 0 Å². The molecular formula is C28H32O3. The van der Waals surface area contributed by atoms with Crippen LogP contribution in [0.15, 0.2) is 60.7 Å². The van der Waals surface area contributed by atoms with E-state index in [0.717, 1.165) is 17.9 Å². The van der Waals surface area contributed by atoms with Crippen molar-refractivity contribution in [3.05, 3.63) is 94.0 Å². The fourth-order valence-corrected chi connectivity index (χ4v) is 4.12. The number of benzene rings is 3. The molecule has 1 heterocycles. The Hall–Kier alpha value is -2.78. The standard InChI is InChI=1S/C28H32O3/c1-18-6-10-23(11-7-18)29-17-28-27(30-24-12-8-19(2)9-13-24)16-26(31-28)25-15-21(4)20(3)14-22(25)5/h6-15,26-28H,16-17H2,1-5H3/t26-,27+,28-/m1/s1. The average Bonchev–Trinajstić information content (AvgIpc) is 3.14. The van der Waals surface area contributed by atoms with Gasteiger partial charge < -0.3 is 14.2 Å². The highest BCUT2D eigenvalue weighted by molar-refractivity contribution is 5.38. The van der Waals surface area contributed by atoms with E-state index in [1.54, 1.807) is 0 Å². The van der Waals surface area contributed by atoms with Gasteiger partial charge in [0.25, 0.3) is 0 Å². The zero-order valence-electron chi connectivity index (χ0n) is 19.1. The maximum Gasteiger partial charge on any atom is 0.131 e. The molecule has 0 aromatic heterocycles. The Bertz CT molecular complexity index is 1020. The summed E-state index contributed by atoms with van der Waals surface area (Å²) in [5.41, 5.74) is 7.56. The lowest BCUT2D eigenvalue weighted by Gasteiger charge is -2.20. The molecule has 3 heteroatoms. The van der Waals surface area contributed by atoms with Crippen LogP contribution < -0.4 is 9.47 Å². The summed E-state index contributed by atoms with van der Waals surface area (Å²) >= 11 is 0. The first-order chi connectivity index (χ1) is 14.9. The molecule has 1 aliphatic heterocycles. The lowest BCUT2D eigenvalue weighted by Crippen LogP contribution is -2.32. The van der Waals surface area contributed by atoms with Crippen molar-refractivity contribution in [1.82, 2.24) is 0 Å². The van der Waals surface area contributed by atoms with Gasteiger partial charge in [-0.3, -0.25) is 0 Å². The van der Waals surface area contributed by atoms with Gasteiger partial charge in [-0.15, -0.1) is 0 Å². The van der Waals surface area contributed by atoms with Gasteiger partial charge in [-0.05, 0) is 81.1 Å². The number of rotatable bonds is 6. The fraction of sp³-hybridized carbons (Fsp3) is 0.357.